The van der Waals surface area contributed by atoms with Crippen LogP contribution in [0.15, 0.2) is 48.5 Å². The number of benzene rings is 2. The number of aliphatic hydroxyl groups excluding tert-OH is 1. The molecule has 2 heterocycles. The van der Waals surface area contributed by atoms with Crippen LogP contribution in [0.4, 0.5) is 10.5 Å². The van der Waals surface area contributed by atoms with E-state index in [1.165, 1.54) is 32.1 Å². The smallest absolute Gasteiger partial charge is 0.325 e. The molecule has 39 heavy (non-hydrogen) atoms. The Labute approximate surface area is 230 Å². The first-order valence-electron chi connectivity index (χ1n) is 14.1. The molecule has 9 nitrogen and oxygen atoms in total. The average molecular weight is 540 g/mol. The number of aliphatic hydroxyl groups is 1. The second-order valence-electron chi connectivity index (χ2n) is 10.2. The van der Waals surface area contributed by atoms with Crippen LogP contribution in [0.25, 0.3) is 0 Å². The van der Waals surface area contributed by atoms with E-state index in [0.29, 0.717) is 5.69 Å². The molecule has 0 aliphatic carbocycles. The Balaban J connectivity index is 1.47. The number of carbonyl (C=O) groups excluding carboxylic acids is 2. The highest BCUT2D eigenvalue weighted by atomic mass is 16.7. The van der Waals surface area contributed by atoms with Crippen molar-refractivity contribution >= 4 is 17.7 Å². The van der Waals surface area contributed by atoms with Gasteiger partial charge in [0.2, 0.25) is 0 Å². The van der Waals surface area contributed by atoms with Crippen molar-refractivity contribution in [2.24, 2.45) is 0 Å². The highest BCUT2D eigenvalue weighted by Gasteiger charge is 2.33. The van der Waals surface area contributed by atoms with Gasteiger partial charge in [0.1, 0.15) is 6.54 Å². The van der Waals surface area contributed by atoms with Gasteiger partial charge in [-0.2, -0.15) is 0 Å². The molecule has 0 spiro atoms. The molecule has 2 fully saturated rings. The number of hydrogen-bond donors (Lipinski definition) is 3. The van der Waals surface area contributed by atoms with E-state index in [-0.39, 0.29) is 32.0 Å². The lowest BCUT2D eigenvalue weighted by molar-refractivity contribution is -0.253. The number of nitrogens with one attached hydrogen (secondary N) is 2. The fourth-order valence-electron chi connectivity index (χ4n) is 5.12. The van der Waals surface area contributed by atoms with Crippen molar-refractivity contribution in [3.8, 4) is 0 Å². The summed E-state index contributed by atoms with van der Waals surface area (Å²) in [7, 11) is 0. The lowest BCUT2D eigenvalue weighted by Gasteiger charge is -2.39. The van der Waals surface area contributed by atoms with E-state index < -0.39 is 18.3 Å². The van der Waals surface area contributed by atoms with Crippen molar-refractivity contribution < 1.29 is 28.9 Å². The predicted molar refractivity (Wildman–Crippen MR) is 148 cm³/mol. The minimum atomic E-state index is -0.606. The van der Waals surface area contributed by atoms with Crippen LogP contribution in [0.1, 0.15) is 74.5 Å². The fourth-order valence-corrected chi connectivity index (χ4v) is 5.12. The summed E-state index contributed by atoms with van der Waals surface area (Å²) in [5, 5.41) is 14.7. The quantitative estimate of drug-likeness (QED) is 0.397. The summed E-state index contributed by atoms with van der Waals surface area (Å²) in [6.07, 6.45) is 6.25. The summed E-state index contributed by atoms with van der Waals surface area (Å²) < 4.78 is 17.8. The lowest BCUT2D eigenvalue weighted by Crippen LogP contribution is -2.40. The minimum absolute atomic E-state index is 0.00226. The van der Waals surface area contributed by atoms with Crippen LogP contribution in [-0.2, 0) is 25.6 Å². The second kappa shape index (κ2) is 15.0. The van der Waals surface area contributed by atoms with E-state index >= 15 is 0 Å². The van der Waals surface area contributed by atoms with Gasteiger partial charge in [-0.25, -0.2) is 4.79 Å². The van der Waals surface area contributed by atoms with Gasteiger partial charge in [0.05, 0.1) is 25.4 Å². The van der Waals surface area contributed by atoms with Crippen LogP contribution in [0, 0.1) is 0 Å². The van der Waals surface area contributed by atoms with Gasteiger partial charge < -0.3 is 34.9 Å². The monoisotopic (exact) mass is 539 g/mol. The Morgan fingerprint density at radius 2 is 1.74 bits per heavy atom. The van der Waals surface area contributed by atoms with Crippen molar-refractivity contribution in [2.45, 2.75) is 70.6 Å². The molecule has 2 amide bonds. The number of likely N-dealkylation sites (tertiary alicyclic amines) is 1. The summed E-state index contributed by atoms with van der Waals surface area (Å²) in [6, 6.07) is 14.8. The van der Waals surface area contributed by atoms with E-state index in [4.69, 9.17) is 14.2 Å². The van der Waals surface area contributed by atoms with Crippen molar-refractivity contribution in [3.05, 3.63) is 65.2 Å². The molecule has 9 heteroatoms. The van der Waals surface area contributed by atoms with Crippen molar-refractivity contribution in [2.75, 3.05) is 38.1 Å². The number of rotatable bonds is 9. The number of nitrogens with zero attached hydrogens (tertiary/aromatic N) is 1. The van der Waals surface area contributed by atoms with Gasteiger partial charge in [-0.15, -0.1) is 0 Å². The maximum Gasteiger partial charge on any atom is 0.325 e. The van der Waals surface area contributed by atoms with Crippen LogP contribution < -0.4 is 10.6 Å². The molecule has 212 valence electrons. The molecule has 0 unspecified atom stereocenters. The van der Waals surface area contributed by atoms with Gasteiger partial charge in [0.25, 0.3) is 0 Å². The standard InChI is InChI=1S/C30H41N3O6/c1-2-37-28(35)19-31-30(36)32-25-10-8-9-24(17-25)29-38-26(20-33-15-6-4-3-5-7-16-33)18-27(39-29)23-13-11-22(21-34)12-14-23/h8-14,17,26-27,29,34H,2-7,15-16,18-21H2,1H3,(H2,31,32,36)/t26-,27+,29+/m0/s1. The largest absolute Gasteiger partial charge is 0.465 e. The van der Waals surface area contributed by atoms with Gasteiger partial charge in [-0.1, -0.05) is 55.7 Å². The Hall–Kier alpha value is -2.98. The molecule has 3 atom stereocenters. The van der Waals surface area contributed by atoms with Crippen LogP contribution in [0.3, 0.4) is 0 Å². The van der Waals surface area contributed by atoms with Crippen molar-refractivity contribution in [1.29, 1.82) is 0 Å². The highest BCUT2D eigenvalue weighted by Crippen LogP contribution is 2.38. The Kier molecular flexibility index (Phi) is 11.1. The summed E-state index contributed by atoms with van der Waals surface area (Å²) in [5.41, 5.74) is 3.27. The van der Waals surface area contributed by atoms with Gasteiger partial charge in [-0.3, -0.25) is 4.79 Å². The predicted octanol–water partition coefficient (Wildman–Crippen LogP) is 4.68. The molecule has 0 bridgehead atoms. The number of esters is 1. The molecular weight excluding hydrogens is 498 g/mol. The molecule has 2 aromatic rings. The molecule has 0 aromatic heterocycles. The molecule has 2 saturated heterocycles. The summed E-state index contributed by atoms with van der Waals surface area (Å²) >= 11 is 0. The van der Waals surface area contributed by atoms with Crippen molar-refractivity contribution in [1.82, 2.24) is 10.2 Å². The Morgan fingerprint density at radius 3 is 2.46 bits per heavy atom. The van der Waals surface area contributed by atoms with E-state index in [9.17, 15) is 14.7 Å². The van der Waals surface area contributed by atoms with Crippen LogP contribution in [0.2, 0.25) is 0 Å². The zero-order valence-electron chi connectivity index (χ0n) is 22.8. The molecule has 0 saturated carbocycles. The number of amides is 2. The van der Waals surface area contributed by atoms with Crippen LogP contribution >= 0.6 is 0 Å². The highest BCUT2D eigenvalue weighted by molar-refractivity contribution is 5.91. The third kappa shape index (κ3) is 9.03. The van der Waals surface area contributed by atoms with E-state index in [2.05, 4.69) is 15.5 Å². The maximum absolute atomic E-state index is 12.3. The average Bonchev–Trinajstić information content (AvgIpc) is 2.93. The third-order valence-electron chi connectivity index (χ3n) is 7.14. The first-order chi connectivity index (χ1) is 19.0. The molecule has 4 rings (SSSR count). The number of hydrogen-bond acceptors (Lipinski definition) is 7. The molecular formula is C30H41N3O6. The summed E-state index contributed by atoms with van der Waals surface area (Å²) in [5.74, 6) is -0.491. The number of ether oxygens (including phenoxy) is 3. The minimum Gasteiger partial charge on any atom is -0.465 e. The van der Waals surface area contributed by atoms with Crippen molar-refractivity contribution in [3.63, 3.8) is 0 Å². The van der Waals surface area contributed by atoms with Gasteiger partial charge in [0.15, 0.2) is 6.29 Å². The number of anilines is 1. The van der Waals surface area contributed by atoms with E-state index in [0.717, 1.165) is 42.7 Å². The van der Waals surface area contributed by atoms with Crippen LogP contribution in [-0.4, -0.2) is 60.9 Å². The van der Waals surface area contributed by atoms with Gasteiger partial charge in [-0.05, 0) is 56.1 Å². The van der Waals surface area contributed by atoms with E-state index in [1.807, 2.05) is 42.5 Å². The zero-order chi connectivity index (χ0) is 27.5. The summed E-state index contributed by atoms with van der Waals surface area (Å²) in [6.45, 7) is 4.79. The van der Waals surface area contributed by atoms with Gasteiger partial charge in [0, 0.05) is 24.2 Å². The maximum atomic E-state index is 12.3. The number of urea groups is 1. The molecule has 2 aliphatic rings. The van der Waals surface area contributed by atoms with Gasteiger partial charge >= 0.3 is 12.0 Å². The Bertz CT molecular complexity index is 1050. The first-order valence-corrected chi connectivity index (χ1v) is 14.1. The molecule has 0 radical (unpaired) electrons. The van der Waals surface area contributed by atoms with E-state index in [1.54, 1.807) is 13.0 Å². The third-order valence-corrected chi connectivity index (χ3v) is 7.14. The lowest BCUT2D eigenvalue weighted by atomic mass is 9.99. The normalized spacial score (nSPS) is 22.4. The fraction of sp³-hybridized carbons (Fsp3) is 0.533. The topological polar surface area (TPSA) is 109 Å². The molecule has 3 N–H and O–H groups in total. The summed E-state index contributed by atoms with van der Waals surface area (Å²) in [4.78, 5) is 26.4. The second-order valence-corrected chi connectivity index (χ2v) is 10.2. The van der Waals surface area contributed by atoms with Crippen LogP contribution in [0.5, 0.6) is 0 Å². The molecule has 2 aromatic carbocycles. The Morgan fingerprint density at radius 1 is 1.00 bits per heavy atom. The zero-order valence-corrected chi connectivity index (χ0v) is 22.8. The SMILES string of the molecule is CCOC(=O)CNC(=O)Nc1cccc([C@@H]2O[C@H](CN3CCCCCCC3)C[C@H](c3ccc(CO)cc3)O2)c1. The molecule has 2 aliphatic heterocycles. The first kappa shape index (κ1) is 29.0. The number of carbonyl (C=O) groups is 2.